The molecule has 5 rings (SSSR count). The predicted molar refractivity (Wildman–Crippen MR) is 88.7 cm³/mol. The van der Waals surface area contributed by atoms with Crippen LogP contribution in [0.4, 0.5) is 8.78 Å². The summed E-state index contributed by atoms with van der Waals surface area (Å²) in [6, 6.07) is 12.9. The van der Waals surface area contributed by atoms with E-state index in [0.717, 1.165) is 37.1 Å². The zero-order valence-corrected chi connectivity index (χ0v) is 13.4. The molecule has 2 unspecified atom stereocenters. The summed E-state index contributed by atoms with van der Waals surface area (Å²) in [5, 5.41) is 10.9. The van der Waals surface area contributed by atoms with Crippen molar-refractivity contribution in [2.75, 3.05) is 13.1 Å². The quantitative estimate of drug-likeness (QED) is 0.931. The Morgan fingerprint density at radius 1 is 0.833 bits per heavy atom. The molecule has 0 aromatic heterocycles. The fraction of sp³-hybridized carbons (Fsp3) is 0.400. The van der Waals surface area contributed by atoms with Crippen LogP contribution in [0.5, 0.6) is 0 Å². The van der Waals surface area contributed by atoms with E-state index < -0.39 is 6.10 Å². The van der Waals surface area contributed by atoms with Gasteiger partial charge in [-0.25, -0.2) is 8.78 Å². The minimum atomic E-state index is -0.410. The van der Waals surface area contributed by atoms with Crippen molar-refractivity contribution in [1.82, 2.24) is 4.90 Å². The van der Waals surface area contributed by atoms with Gasteiger partial charge in [0.05, 0.1) is 6.10 Å². The summed E-state index contributed by atoms with van der Waals surface area (Å²) in [5.41, 5.74) is 1.92. The van der Waals surface area contributed by atoms with Gasteiger partial charge in [-0.05, 0) is 67.2 Å². The highest BCUT2D eigenvalue weighted by Gasteiger charge is 2.45. The maximum absolute atomic E-state index is 13.4. The van der Waals surface area contributed by atoms with Crippen LogP contribution in [-0.4, -0.2) is 35.2 Å². The van der Waals surface area contributed by atoms with Gasteiger partial charge in [0.1, 0.15) is 11.6 Å². The van der Waals surface area contributed by atoms with Crippen molar-refractivity contribution in [3.8, 4) is 0 Å². The Bertz CT molecular complexity index is 645. The summed E-state index contributed by atoms with van der Waals surface area (Å²) in [4.78, 5) is 2.34. The van der Waals surface area contributed by atoms with Gasteiger partial charge in [0.25, 0.3) is 0 Å². The zero-order valence-electron chi connectivity index (χ0n) is 13.4. The van der Waals surface area contributed by atoms with Crippen molar-refractivity contribution in [3.05, 3.63) is 71.3 Å². The van der Waals surface area contributed by atoms with Gasteiger partial charge in [-0.15, -0.1) is 0 Å². The van der Waals surface area contributed by atoms with E-state index in [1.54, 1.807) is 24.3 Å². The van der Waals surface area contributed by atoms with Crippen LogP contribution in [0.3, 0.4) is 0 Å². The van der Waals surface area contributed by atoms with E-state index in [1.165, 1.54) is 24.3 Å². The fourth-order valence-electron chi connectivity index (χ4n) is 4.39. The van der Waals surface area contributed by atoms with Gasteiger partial charge in [0.15, 0.2) is 0 Å². The van der Waals surface area contributed by atoms with Crippen LogP contribution < -0.4 is 0 Å². The number of halogens is 2. The second-order valence-corrected chi connectivity index (χ2v) is 6.94. The first-order chi connectivity index (χ1) is 11.6. The lowest BCUT2D eigenvalue weighted by Crippen LogP contribution is -2.60. The summed E-state index contributed by atoms with van der Waals surface area (Å²) in [6.45, 7) is 1.95. The number of piperidine rings is 3. The SMILES string of the molecule is OC1C2CCN(CC2)C1C(c1ccc(F)cc1)c1ccc(F)cc1. The molecule has 2 bridgehead atoms. The minimum absolute atomic E-state index is 0.0478. The minimum Gasteiger partial charge on any atom is -0.391 e. The molecule has 3 aliphatic rings. The van der Waals surface area contributed by atoms with Gasteiger partial charge in [-0.3, -0.25) is 4.90 Å². The Morgan fingerprint density at radius 2 is 1.29 bits per heavy atom. The van der Waals surface area contributed by atoms with E-state index in [1.807, 2.05) is 0 Å². The van der Waals surface area contributed by atoms with E-state index in [2.05, 4.69) is 4.90 Å². The average molecular weight is 329 g/mol. The number of aliphatic hydroxyl groups is 1. The van der Waals surface area contributed by atoms with E-state index in [0.29, 0.717) is 5.92 Å². The van der Waals surface area contributed by atoms with Crippen LogP contribution in [0.25, 0.3) is 0 Å². The maximum atomic E-state index is 13.4. The molecule has 3 saturated heterocycles. The van der Waals surface area contributed by atoms with E-state index in [9.17, 15) is 13.9 Å². The van der Waals surface area contributed by atoms with Crippen LogP contribution in [0.1, 0.15) is 29.9 Å². The summed E-state index contributed by atoms with van der Waals surface area (Å²) >= 11 is 0. The molecule has 3 fully saturated rings. The Kier molecular flexibility index (Phi) is 4.10. The molecule has 3 aliphatic heterocycles. The van der Waals surface area contributed by atoms with Crippen LogP contribution in [0.15, 0.2) is 48.5 Å². The fourth-order valence-corrected chi connectivity index (χ4v) is 4.39. The summed E-state index contributed by atoms with van der Waals surface area (Å²) in [7, 11) is 0. The highest BCUT2D eigenvalue weighted by atomic mass is 19.1. The molecule has 126 valence electrons. The lowest BCUT2D eigenvalue weighted by Gasteiger charge is -2.51. The van der Waals surface area contributed by atoms with Gasteiger partial charge in [0.2, 0.25) is 0 Å². The first-order valence-electron chi connectivity index (χ1n) is 8.56. The molecule has 2 nitrogen and oxygen atoms in total. The Morgan fingerprint density at radius 3 is 1.71 bits per heavy atom. The number of fused-ring (bicyclic) bond motifs is 3. The number of rotatable bonds is 3. The Labute approximate surface area is 140 Å². The molecule has 0 amide bonds. The number of nitrogens with zero attached hydrogens (tertiary/aromatic N) is 1. The van der Waals surface area contributed by atoms with E-state index in [4.69, 9.17) is 0 Å². The van der Waals surface area contributed by atoms with Crippen LogP contribution in [0.2, 0.25) is 0 Å². The molecule has 2 atom stereocenters. The van der Waals surface area contributed by atoms with E-state index >= 15 is 0 Å². The molecule has 2 aromatic carbocycles. The topological polar surface area (TPSA) is 23.5 Å². The van der Waals surface area contributed by atoms with Crippen molar-refractivity contribution >= 4 is 0 Å². The first kappa shape index (κ1) is 15.7. The molecule has 0 saturated carbocycles. The smallest absolute Gasteiger partial charge is 0.123 e. The predicted octanol–water partition coefficient (Wildman–Crippen LogP) is 3.55. The Hall–Kier alpha value is -1.78. The van der Waals surface area contributed by atoms with Crippen molar-refractivity contribution < 1.29 is 13.9 Å². The number of hydrogen-bond acceptors (Lipinski definition) is 2. The highest BCUT2D eigenvalue weighted by Crippen LogP contribution is 2.41. The van der Waals surface area contributed by atoms with Gasteiger partial charge in [-0.1, -0.05) is 24.3 Å². The van der Waals surface area contributed by atoms with Crippen LogP contribution >= 0.6 is 0 Å². The summed E-state index contributed by atoms with van der Waals surface area (Å²) in [6.07, 6.45) is 1.64. The molecule has 1 N–H and O–H groups in total. The van der Waals surface area contributed by atoms with Gasteiger partial charge in [0, 0.05) is 12.0 Å². The summed E-state index contributed by atoms with van der Waals surface area (Å²) < 4.78 is 26.7. The molecular weight excluding hydrogens is 308 g/mol. The monoisotopic (exact) mass is 329 g/mol. The highest BCUT2D eigenvalue weighted by molar-refractivity contribution is 5.36. The average Bonchev–Trinajstić information content (AvgIpc) is 2.61. The second kappa shape index (κ2) is 6.26. The number of benzene rings is 2. The molecule has 4 heteroatoms. The van der Waals surface area contributed by atoms with Crippen molar-refractivity contribution in [3.63, 3.8) is 0 Å². The van der Waals surface area contributed by atoms with Crippen LogP contribution in [-0.2, 0) is 0 Å². The first-order valence-corrected chi connectivity index (χ1v) is 8.56. The van der Waals surface area contributed by atoms with Gasteiger partial charge < -0.3 is 5.11 Å². The summed E-state index contributed by atoms with van der Waals surface area (Å²) in [5.74, 6) is -0.321. The molecule has 0 radical (unpaired) electrons. The number of hydrogen-bond donors (Lipinski definition) is 1. The molecule has 2 aromatic rings. The van der Waals surface area contributed by atoms with Crippen molar-refractivity contribution in [2.24, 2.45) is 5.92 Å². The molecular formula is C20H21F2NO. The maximum Gasteiger partial charge on any atom is 0.123 e. The number of aliphatic hydroxyl groups excluding tert-OH is 1. The van der Waals surface area contributed by atoms with Gasteiger partial charge in [-0.2, -0.15) is 0 Å². The van der Waals surface area contributed by atoms with Gasteiger partial charge >= 0.3 is 0 Å². The third kappa shape index (κ3) is 2.74. The van der Waals surface area contributed by atoms with Crippen molar-refractivity contribution in [2.45, 2.75) is 30.9 Å². The lowest BCUT2D eigenvalue weighted by atomic mass is 9.72. The van der Waals surface area contributed by atoms with Crippen LogP contribution in [0, 0.1) is 17.6 Å². The molecule has 3 heterocycles. The molecule has 0 spiro atoms. The third-order valence-electron chi connectivity index (χ3n) is 5.63. The van der Waals surface area contributed by atoms with E-state index in [-0.39, 0.29) is 23.6 Å². The molecule has 24 heavy (non-hydrogen) atoms. The normalized spacial score (nSPS) is 29.2. The second-order valence-electron chi connectivity index (χ2n) is 6.94. The zero-order chi connectivity index (χ0) is 16.7. The van der Waals surface area contributed by atoms with Crippen molar-refractivity contribution in [1.29, 1.82) is 0 Å². The third-order valence-corrected chi connectivity index (χ3v) is 5.63. The molecule has 0 aliphatic carbocycles. The lowest BCUT2D eigenvalue weighted by molar-refractivity contribution is -0.0775. The Balaban J connectivity index is 1.78. The largest absolute Gasteiger partial charge is 0.391 e. The standard InChI is InChI=1S/C20H21F2NO/c21-16-5-1-13(2-6-16)18(14-3-7-17(22)8-4-14)19-20(24)15-9-11-23(19)12-10-15/h1-8,15,18-20,24H,9-12H2.